The van der Waals surface area contributed by atoms with Gasteiger partial charge in [-0.3, -0.25) is 9.59 Å². The van der Waals surface area contributed by atoms with Gasteiger partial charge in [-0.15, -0.1) is 0 Å². The molecule has 0 aliphatic carbocycles. The number of hydrogen-bond acceptors (Lipinski definition) is 3. The highest BCUT2D eigenvalue weighted by molar-refractivity contribution is 5.79. The number of carboxylic acids is 1. The van der Waals surface area contributed by atoms with E-state index in [1.807, 2.05) is 0 Å². The van der Waals surface area contributed by atoms with Crippen molar-refractivity contribution in [2.24, 2.45) is 11.8 Å². The Morgan fingerprint density at radius 3 is 2.26 bits per heavy atom. The van der Waals surface area contributed by atoms with E-state index in [0.29, 0.717) is 12.3 Å². The maximum atomic E-state index is 12.0. The van der Waals surface area contributed by atoms with E-state index in [4.69, 9.17) is 9.84 Å². The highest BCUT2D eigenvalue weighted by atomic mass is 16.6. The van der Waals surface area contributed by atoms with E-state index in [0.717, 1.165) is 19.3 Å². The molecular formula is C15H28O4. The normalized spacial score (nSPS) is 14.8. The van der Waals surface area contributed by atoms with Crippen LogP contribution in [0.2, 0.25) is 0 Å². The quantitative estimate of drug-likeness (QED) is 0.685. The summed E-state index contributed by atoms with van der Waals surface area (Å²) in [4.78, 5) is 22.9. The first kappa shape index (κ1) is 17.9. The molecule has 0 saturated carbocycles. The summed E-state index contributed by atoms with van der Waals surface area (Å²) >= 11 is 0. The second-order valence-electron chi connectivity index (χ2n) is 6.31. The van der Waals surface area contributed by atoms with Crippen LogP contribution in [-0.2, 0) is 14.3 Å². The SMILES string of the molecule is CCCC[C@@H](C)C[C@@H](CC(=O)O)C(=O)OC(C)(C)C. The van der Waals surface area contributed by atoms with E-state index in [9.17, 15) is 9.59 Å². The minimum Gasteiger partial charge on any atom is -0.481 e. The van der Waals surface area contributed by atoms with Gasteiger partial charge in [-0.2, -0.15) is 0 Å². The zero-order chi connectivity index (χ0) is 15.1. The van der Waals surface area contributed by atoms with Crippen LogP contribution >= 0.6 is 0 Å². The lowest BCUT2D eigenvalue weighted by Crippen LogP contribution is -2.30. The van der Waals surface area contributed by atoms with Gasteiger partial charge in [-0.1, -0.05) is 33.1 Å². The van der Waals surface area contributed by atoms with Gasteiger partial charge < -0.3 is 9.84 Å². The largest absolute Gasteiger partial charge is 0.481 e. The highest BCUT2D eigenvalue weighted by Crippen LogP contribution is 2.23. The van der Waals surface area contributed by atoms with Gasteiger partial charge in [0.15, 0.2) is 0 Å². The lowest BCUT2D eigenvalue weighted by atomic mass is 9.90. The monoisotopic (exact) mass is 272 g/mol. The lowest BCUT2D eigenvalue weighted by molar-refractivity contribution is -0.163. The lowest BCUT2D eigenvalue weighted by Gasteiger charge is -2.24. The molecule has 0 aliphatic heterocycles. The van der Waals surface area contributed by atoms with Gasteiger partial charge in [0.05, 0.1) is 12.3 Å². The summed E-state index contributed by atoms with van der Waals surface area (Å²) in [6.07, 6.45) is 3.68. The maximum Gasteiger partial charge on any atom is 0.310 e. The minimum atomic E-state index is -0.946. The molecule has 0 radical (unpaired) electrons. The topological polar surface area (TPSA) is 63.6 Å². The molecule has 0 rings (SSSR count). The summed E-state index contributed by atoms with van der Waals surface area (Å²) in [5.74, 6) is -1.53. The number of ether oxygens (including phenoxy) is 1. The van der Waals surface area contributed by atoms with Crippen molar-refractivity contribution in [1.29, 1.82) is 0 Å². The van der Waals surface area contributed by atoms with Gasteiger partial charge in [-0.25, -0.2) is 0 Å². The van der Waals surface area contributed by atoms with Crippen LogP contribution in [0, 0.1) is 11.8 Å². The molecule has 2 atom stereocenters. The molecule has 0 spiro atoms. The molecule has 4 nitrogen and oxygen atoms in total. The van der Waals surface area contributed by atoms with E-state index >= 15 is 0 Å². The molecule has 1 N–H and O–H groups in total. The van der Waals surface area contributed by atoms with Gasteiger partial charge >= 0.3 is 11.9 Å². The first-order valence-corrected chi connectivity index (χ1v) is 7.10. The number of carboxylic acid groups (broad SMARTS) is 1. The fraction of sp³-hybridized carbons (Fsp3) is 0.867. The molecule has 0 amide bonds. The van der Waals surface area contributed by atoms with Crippen molar-refractivity contribution in [2.75, 3.05) is 0 Å². The zero-order valence-electron chi connectivity index (χ0n) is 12.9. The molecule has 0 saturated heterocycles. The molecule has 0 aromatic rings. The van der Waals surface area contributed by atoms with Crippen molar-refractivity contribution in [1.82, 2.24) is 0 Å². The molecule has 0 aromatic heterocycles. The number of carbonyl (C=O) groups excluding carboxylic acids is 1. The highest BCUT2D eigenvalue weighted by Gasteiger charge is 2.28. The number of aliphatic carboxylic acids is 1. The first-order valence-electron chi connectivity index (χ1n) is 7.10. The Labute approximate surface area is 116 Å². The van der Waals surface area contributed by atoms with E-state index < -0.39 is 23.5 Å². The number of esters is 1. The Morgan fingerprint density at radius 2 is 1.84 bits per heavy atom. The number of rotatable bonds is 8. The third kappa shape index (κ3) is 9.51. The molecule has 19 heavy (non-hydrogen) atoms. The summed E-state index contributed by atoms with van der Waals surface area (Å²) in [7, 11) is 0. The van der Waals surface area contributed by atoms with Crippen LogP contribution in [0.3, 0.4) is 0 Å². The van der Waals surface area contributed by atoms with Crippen LogP contribution in [0.4, 0.5) is 0 Å². The third-order valence-electron chi connectivity index (χ3n) is 2.90. The Hall–Kier alpha value is -1.06. The van der Waals surface area contributed by atoms with Crippen LogP contribution in [0.25, 0.3) is 0 Å². The van der Waals surface area contributed by atoms with Gasteiger partial charge in [0.1, 0.15) is 5.60 Å². The van der Waals surface area contributed by atoms with E-state index in [-0.39, 0.29) is 6.42 Å². The molecule has 0 heterocycles. The predicted octanol–water partition coefficient (Wildman–Crippen LogP) is 3.64. The van der Waals surface area contributed by atoms with Crippen LogP contribution in [0.15, 0.2) is 0 Å². The Morgan fingerprint density at radius 1 is 1.26 bits per heavy atom. The third-order valence-corrected chi connectivity index (χ3v) is 2.90. The van der Waals surface area contributed by atoms with Gasteiger partial charge in [-0.05, 0) is 33.1 Å². The van der Waals surface area contributed by atoms with Crippen LogP contribution in [0.5, 0.6) is 0 Å². The average molecular weight is 272 g/mol. The van der Waals surface area contributed by atoms with E-state index in [2.05, 4.69) is 13.8 Å². The molecular weight excluding hydrogens is 244 g/mol. The van der Waals surface area contributed by atoms with Gasteiger partial charge in [0.2, 0.25) is 0 Å². The molecule has 4 heteroatoms. The van der Waals surface area contributed by atoms with Crippen LogP contribution in [-0.4, -0.2) is 22.6 Å². The van der Waals surface area contributed by atoms with Crippen molar-refractivity contribution in [3.63, 3.8) is 0 Å². The molecule has 0 fully saturated rings. The summed E-state index contributed by atoms with van der Waals surface area (Å²) < 4.78 is 5.30. The predicted molar refractivity (Wildman–Crippen MR) is 74.9 cm³/mol. The summed E-state index contributed by atoms with van der Waals surface area (Å²) in [6, 6.07) is 0. The maximum absolute atomic E-state index is 12.0. The van der Waals surface area contributed by atoms with Crippen LogP contribution < -0.4 is 0 Å². The molecule has 0 unspecified atom stereocenters. The number of hydrogen-bond donors (Lipinski definition) is 1. The Balaban J connectivity index is 4.53. The smallest absolute Gasteiger partial charge is 0.310 e. The average Bonchev–Trinajstić information content (AvgIpc) is 2.22. The van der Waals surface area contributed by atoms with Gasteiger partial charge in [0.25, 0.3) is 0 Å². The first-order chi connectivity index (χ1) is 8.65. The molecule has 0 aromatic carbocycles. The number of unbranched alkanes of at least 4 members (excludes halogenated alkanes) is 1. The second kappa shape index (κ2) is 8.18. The minimum absolute atomic E-state index is 0.147. The molecule has 0 aliphatic rings. The van der Waals surface area contributed by atoms with Crippen molar-refractivity contribution >= 4 is 11.9 Å². The fourth-order valence-corrected chi connectivity index (χ4v) is 2.01. The summed E-state index contributed by atoms with van der Waals surface area (Å²) in [5.41, 5.74) is -0.569. The Bertz CT molecular complexity index is 291. The summed E-state index contributed by atoms with van der Waals surface area (Å²) in [6.45, 7) is 9.57. The Kier molecular flexibility index (Phi) is 7.72. The second-order valence-corrected chi connectivity index (χ2v) is 6.31. The fourth-order valence-electron chi connectivity index (χ4n) is 2.01. The van der Waals surface area contributed by atoms with Crippen molar-refractivity contribution < 1.29 is 19.4 Å². The number of carbonyl (C=O) groups is 2. The zero-order valence-corrected chi connectivity index (χ0v) is 12.9. The molecule has 0 bridgehead atoms. The van der Waals surface area contributed by atoms with Gasteiger partial charge in [0, 0.05) is 0 Å². The molecule has 112 valence electrons. The van der Waals surface area contributed by atoms with E-state index in [1.165, 1.54) is 0 Å². The van der Waals surface area contributed by atoms with E-state index in [1.54, 1.807) is 20.8 Å². The standard InChI is InChI=1S/C15H28O4/c1-6-7-8-11(2)9-12(10-13(16)17)14(18)19-15(3,4)5/h11-12H,6-10H2,1-5H3,(H,16,17)/t11-,12+/m1/s1. The van der Waals surface area contributed by atoms with Crippen molar-refractivity contribution in [3.05, 3.63) is 0 Å². The van der Waals surface area contributed by atoms with Crippen molar-refractivity contribution in [3.8, 4) is 0 Å². The summed E-state index contributed by atoms with van der Waals surface area (Å²) in [5, 5.41) is 8.91. The van der Waals surface area contributed by atoms with Crippen LogP contribution in [0.1, 0.15) is 66.7 Å². The van der Waals surface area contributed by atoms with Crippen molar-refractivity contribution in [2.45, 2.75) is 72.3 Å².